The van der Waals surface area contributed by atoms with Crippen LogP contribution in [0.1, 0.15) is 23.0 Å². The SMILES string of the molecule is CC(=O)OCN(CCc1c[nH]c2ccc(F)cc12)C(=O)c1nc(N(C)C)sc1-c1ccc(F)cc1. The summed E-state index contributed by atoms with van der Waals surface area (Å²) >= 11 is 1.31. The van der Waals surface area contributed by atoms with E-state index in [9.17, 15) is 18.4 Å². The van der Waals surface area contributed by atoms with Gasteiger partial charge in [-0.2, -0.15) is 0 Å². The van der Waals surface area contributed by atoms with E-state index in [1.807, 2.05) is 14.1 Å². The molecular formula is C25H24F2N4O3S. The van der Waals surface area contributed by atoms with E-state index in [-0.39, 0.29) is 30.6 Å². The van der Waals surface area contributed by atoms with Crippen molar-refractivity contribution in [3.05, 3.63) is 71.6 Å². The number of anilines is 1. The van der Waals surface area contributed by atoms with Gasteiger partial charge in [0.05, 0.1) is 4.88 Å². The van der Waals surface area contributed by atoms with Gasteiger partial charge in [-0.25, -0.2) is 13.8 Å². The van der Waals surface area contributed by atoms with E-state index in [1.165, 1.54) is 47.4 Å². The van der Waals surface area contributed by atoms with Crippen molar-refractivity contribution in [2.24, 2.45) is 0 Å². The number of hydrogen-bond donors (Lipinski definition) is 1. The molecule has 2 aromatic carbocycles. The summed E-state index contributed by atoms with van der Waals surface area (Å²) in [7, 11) is 3.63. The van der Waals surface area contributed by atoms with E-state index in [0.717, 1.165) is 16.5 Å². The van der Waals surface area contributed by atoms with Gasteiger partial charge < -0.3 is 19.5 Å². The number of thiazole rings is 1. The second kappa shape index (κ2) is 10.2. The Morgan fingerprint density at radius 1 is 1.09 bits per heavy atom. The second-order valence-electron chi connectivity index (χ2n) is 8.16. The normalized spacial score (nSPS) is 11.0. The molecule has 0 saturated heterocycles. The summed E-state index contributed by atoms with van der Waals surface area (Å²) in [4.78, 5) is 36.5. The van der Waals surface area contributed by atoms with E-state index in [1.54, 1.807) is 29.3 Å². The van der Waals surface area contributed by atoms with Crippen molar-refractivity contribution in [1.82, 2.24) is 14.9 Å². The monoisotopic (exact) mass is 498 g/mol. The summed E-state index contributed by atoms with van der Waals surface area (Å²) in [5.74, 6) is -1.69. The largest absolute Gasteiger partial charge is 0.444 e. The summed E-state index contributed by atoms with van der Waals surface area (Å²) in [6.45, 7) is 1.21. The molecule has 0 unspecified atom stereocenters. The smallest absolute Gasteiger partial charge is 0.304 e. The molecule has 7 nitrogen and oxygen atoms in total. The topological polar surface area (TPSA) is 78.5 Å². The van der Waals surface area contributed by atoms with E-state index in [0.29, 0.717) is 22.0 Å². The van der Waals surface area contributed by atoms with E-state index in [4.69, 9.17) is 4.74 Å². The minimum atomic E-state index is -0.525. The predicted molar refractivity (Wildman–Crippen MR) is 131 cm³/mol. The molecule has 0 saturated carbocycles. The number of hydrogen-bond acceptors (Lipinski definition) is 6. The molecule has 10 heteroatoms. The Balaban J connectivity index is 1.66. The highest BCUT2D eigenvalue weighted by atomic mass is 32.1. The Labute approximate surface area is 205 Å². The highest BCUT2D eigenvalue weighted by Crippen LogP contribution is 2.35. The maximum Gasteiger partial charge on any atom is 0.304 e. The van der Waals surface area contributed by atoms with Crippen LogP contribution in [-0.4, -0.2) is 54.1 Å². The second-order valence-corrected chi connectivity index (χ2v) is 9.14. The lowest BCUT2D eigenvalue weighted by atomic mass is 10.1. The lowest BCUT2D eigenvalue weighted by molar-refractivity contribution is -0.144. The van der Waals surface area contributed by atoms with Crippen LogP contribution in [0.5, 0.6) is 0 Å². The van der Waals surface area contributed by atoms with Crippen LogP contribution < -0.4 is 4.90 Å². The zero-order chi connectivity index (χ0) is 25.1. The molecule has 2 heterocycles. The molecule has 4 rings (SSSR count). The van der Waals surface area contributed by atoms with Crippen molar-refractivity contribution in [2.75, 3.05) is 32.3 Å². The van der Waals surface area contributed by atoms with E-state index < -0.39 is 11.9 Å². The third-order valence-corrected chi connectivity index (χ3v) is 6.67. The van der Waals surface area contributed by atoms with E-state index in [2.05, 4.69) is 9.97 Å². The zero-order valence-electron chi connectivity index (χ0n) is 19.5. The summed E-state index contributed by atoms with van der Waals surface area (Å²) < 4.78 is 32.4. The van der Waals surface area contributed by atoms with Gasteiger partial charge in [0.25, 0.3) is 5.91 Å². The third kappa shape index (κ3) is 5.48. The van der Waals surface area contributed by atoms with Crippen LogP contribution in [0.2, 0.25) is 0 Å². The first-order valence-corrected chi connectivity index (χ1v) is 11.7. The molecule has 2 aromatic heterocycles. The number of aromatic nitrogens is 2. The first kappa shape index (κ1) is 24.3. The Kier molecular flexibility index (Phi) is 7.11. The average Bonchev–Trinajstić information content (AvgIpc) is 3.44. The number of ether oxygens (including phenoxy) is 1. The van der Waals surface area contributed by atoms with Gasteiger partial charge in [0.2, 0.25) is 0 Å². The molecule has 0 aliphatic rings. The quantitative estimate of drug-likeness (QED) is 0.278. The van der Waals surface area contributed by atoms with Crippen LogP contribution >= 0.6 is 11.3 Å². The van der Waals surface area contributed by atoms with Crippen LogP contribution in [0.4, 0.5) is 13.9 Å². The lowest BCUT2D eigenvalue weighted by Crippen LogP contribution is -2.36. The number of H-pyrrole nitrogens is 1. The molecule has 4 aromatic rings. The van der Waals surface area contributed by atoms with Crippen molar-refractivity contribution >= 4 is 39.2 Å². The molecular weight excluding hydrogens is 474 g/mol. The fourth-order valence-electron chi connectivity index (χ4n) is 3.60. The van der Waals surface area contributed by atoms with Crippen molar-refractivity contribution in [1.29, 1.82) is 0 Å². The Morgan fingerprint density at radius 3 is 2.49 bits per heavy atom. The minimum Gasteiger partial charge on any atom is -0.444 e. The number of rotatable bonds is 8. The molecule has 0 bridgehead atoms. The Bertz CT molecular complexity index is 1370. The molecule has 0 aliphatic carbocycles. The predicted octanol–water partition coefficient (Wildman–Crippen LogP) is 4.84. The van der Waals surface area contributed by atoms with Crippen molar-refractivity contribution in [3.63, 3.8) is 0 Å². The molecule has 0 radical (unpaired) electrons. The fourth-order valence-corrected chi connectivity index (χ4v) is 4.58. The van der Waals surface area contributed by atoms with Gasteiger partial charge in [0.15, 0.2) is 11.9 Å². The molecule has 182 valence electrons. The average molecular weight is 499 g/mol. The lowest BCUT2D eigenvalue weighted by Gasteiger charge is -2.21. The Morgan fingerprint density at radius 2 is 1.80 bits per heavy atom. The first-order valence-electron chi connectivity index (χ1n) is 10.8. The number of nitrogens with zero attached hydrogens (tertiary/aromatic N) is 3. The van der Waals surface area contributed by atoms with Gasteiger partial charge in [0.1, 0.15) is 17.3 Å². The molecule has 0 atom stereocenters. The number of fused-ring (bicyclic) bond motifs is 1. The number of carbonyl (C=O) groups excluding carboxylic acids is 2. The number of aromatic amines is 1. The standard InChI is InChI=1S/C25H24F2N4O3S/c1-15(32)34-14-31(11-10-17-13-28-21-9-8-19(27)12-20(17)21)24(33)22-23(35-25(29-22)30(2)3)16-4-6-18(26)7-5-16/h4-9,12-13,28H,10-11,14H2,1-3H3. The summed E-state index contributed by atoms with van der Waals surface area (Å²) in [6, 6.07) is 10.3. The summed E-state index contributed by atoms with van der Waals surface area (Å²) in [5.41, 5.74) is 2.45. The van der Waals surface area contributed by atoms with Gasteiger partial charge in [-0.3, -0.25) is 9.59 Å². The van der Waals surface area contributed by atoms with Gasteiger partial charge >= 0.3 is 5.97 Å². The van der Waals surface area contributed by atoms with Gasteiger partial charge in [-0.05, 0) is 47.9 Å². The number of carbonyl (C=O) groups is 2. The number of benzene rings is 2. The van der Waals surface area contributed by atoms with E-state index >= 15 is 0 Å². The highest BCUT2D eigenvalue weighted by molar-refractivity contribution is 7.19. The fraction of sp³-hybridized carbons (Fsp3) is 0.240. The minimum absolute atomic E-state index is 0.183. The highest BCUT2D eigenvalue weighted by Gasteiger charge is 2.26. The maximum absolute atomic E-state index is 13.8. The molecule has 35 heavy (non-hydrogen) atoms. The van der Waals surface area contributed by atoms with Crippen molar-refractivity contribution < 1.29 is 23.1 Å². The Hall–Kier alpha value is -3.79. The number of halogens is 2. The van der Waals surface area contributed by atoms with Gasteiger partial charge in [-0.1, -0.05) is 23.5 Å². The van der Waals surface area contributed by atoms with Crippen LogP contribution in [0.3, 0.4) is 0 Å². The van der Waals surface area contributed by atoms with Crippen LogP contribution in [-0.2, 0) is 16.0 Å². The van der Waals surface area contributed by atoms with Crippen molar-refractivity contribution in [3.8, 4) is 10.4 Å². The molecule has 1 amide bonds. The summed E-state index contributed by atoms with van der Waals surface area (Å²) in [5, 5.41) is 1.33. The molecule has 0 aliphatic heterocycles. The number of esters is 1. The van der Waals surface area contributed by atoms with Crippen LogP contribution in [0.15, 0.2) is 48.7 Å². The third-order valence-electron chi connectivity index (χ3n) is 5.40. The molecule has 1 N–H and O–H groups in total. The number of nitrogens with one attached hydrogen (secondary N) is 1. The van der Waals surface area contributed by atoms with Crippen molar-refractivity contribution in [2.45, 2.75) is 13.3 Å². The van der Waals surface area contributed by atoms with Crippen LogP contribution in [0, 0.1) is 11.6 Å². The molecule has 0 fully saturated rings. The molecule has 0 spiro atoms. The first-order chi connectivity index (χ1) is 16.7. The number of amides is 1. The van der Waals surface area contributed by atoms with Gasteiger partial charge in [-0.15, -0.1) is 0 Å². The summed E-state index contributed by atoms with van der Waals surface area (Å²) in [6.07, 6.45) is 2.17. The van der Waals surface area contributed by atoms with Crippen LogP contribution in [0.25, 0.3) is 21.3 Å². The zero-order valence-corrected chi connectivity index (χ0v) is 20.3. The van der Waals surface area contributed by atoms with Gasteiger partial charge in [0, 0.05) is 44.7 Å². The maximum atomic E-state index is 13.8.